The highest BCUT2D eigenvalue weighted by Gasteiger charge is 2.27. The van der Waals surface area contributed by atoms with Crippen molar-refractivity contribution in [1.29, 1.82) is 0 Å². The first-order chi connectivity index (χ1) is 15.7. The number of hydrogen-bond donors (Lipinski definition) is 1. The Hall–Kier alpha value is -3.36. The fraction of sp³-hybridized carbons (Fsp3) is 0.125. The van der Waals surface area contributed by atoms with Gasteiger partial charge in [0.05, 0.1) is 17.9 Å². The van der Waals surface area contributed by atoms with Crippen LogP contribution in [0, 0.1) is 6.92 Å². The van der Waals surface area contributed by atoms with Gasteiger partial charge in [-0.05, 0) is 24.6 Å². The second kappa shape index (κ2) is 7.65. The number of carbonyl (C=O) groups excluding carboxylic acids is 1. The second-order valence-corrected chi connectivity index (χ2v) is 9.44. The summed E-state index contributed by atoms with van der Waals surface area (Å²) >= 11 is 3.08. The maximum Gasteiger partial charge on any atom is 0.267 e. The van der Waals surface area contributed by atoms with Crippen molar-refractivity contribution in [2.75, 3.05) is 18.4 Å². The zero-order valence-corrected chi connectivity index (χ0v) is 18.9. The average molecular weight is 458 g/mol. The van der Waals surface area contributed by atoms with Gasteiger partial charge in [0.25, 0.3) is 5.91 Å². The van der Waals surface area contributed by atoms with Crippen LogP contribution in [0.1, 0.15) is 20.9 Å². The minimum absolute atomic E-state index is 0.114. The molecular formula is C24H19N5OS2. The lowest BCUT2D eigenvalue weighted by Gasteiger charge is -2.16. The molecule has 2 aromatic carbocycles. The molecule has 2 aromatic heterocycles. The van der Waals surface area contributed by atoms with Gasteiger partial charge in [0.15, 0.2) is 10.1 Å². The zero-order chi connectivity index (χ0) is 21.7. The van der Waals surface area contributed by atoms with E-state index in [1.54, 1.807) is 11.8 Å². The number of amides is 1. The molecule has 8 heteroatoms. The van der Waals surface area contributed by atoms with E-state index in [0.717, 1.165) is 51.4 Å². The van der Waals surface area contributed by atoms with Gasteiger partial charge in [0, 0.05) is 35.1 Å². The third kappa shape index (κ3) is 3.23. The number of aliphatic imine (C=N–C) groups is 1. The lowest BCUT2D eigenvalue weighted by Crippen LogP contribution is -2.19. The number of thioether (sulfide) groups is 1. The molecule has 1 N–H and O–H groups in total. The molecule has 0 atom stereocenters. The number of imidazole rings is 1. The van der Waals surface area contributed by atoms with Crippen LogP contribution in [-0.4, -0.2) is 38.4 Å². The Balaban J connectivity index is 1.21. The third-order valence-corrected chi connectivity index (χ3v) is 7.70. The van der Waals surface area contributed by atoms with E-state index < -0.39 is 0 Å². The summed E-state index contributed by atoms with van der Waals surface area (Å²) in [5, 5.41) is 6.24. The predicted octanol–water partition coefficient (Wildman–Crippen LogP) is 5.34. The molecule has 2 aliphatic rings. The minimum Gasteiger partial charge on any atom is -0.321 e. The van der Waals surface area contributed by atoms with E-state index in [9.17, 15) is 4.79 Å². The zero-order valence-electron chi connectivity index (χ0n) is 17.3. The molecule has 0 fully saturated rings. The second-order valence-electron chi connectivity index (χ2n) is 7.63. The number of benzene rings is 2. The van der Waals surface area contributed by atoms with Crippen LogP contribution in [0.4, 0.5) is 5.69 Å². The van der Waals surface area contributed by atoms with Crippen LogP contribution in [0.5, 0.6) is 0 Å². The molecule has 158 valence electrons. The molecule has 0 unspecified atom stereocenters. The molecule has 2 aliphatic heterocycles. The highest BCUT2D eigenvalue weighted by atomic mass is 32.2. The molecule has 6 nitrogen and oxygen atoms in total. The quantitative estimate of drug-likeness (QED) is 0.449. The summed E-state index contributed by atoms with van der Waals surface area (Å²) in [4.78, 5) is 25.9. The van der Waals surface area contributed by atoms with E-state index in [-0.39, 0.29) is 5.91 Å². The van der Waals surface area contributed by atoms with Gasteiger partial charge in [0.1, 0.15) is 4.88 Å². The van der Waals surface area contributed by atoms with E-state index >= 15 is 0 Å². The number of aryl methyl sites for hydroxylation is 1. The van der Waals surface area contributed by atoms with Gasteiger partial charge in [0.2, 0.25) is 0 Å². The number of carbonyl (C=O) groups is 1. The van der Waals surface area contributed by atoms with Crippen molar-refractivity contribution >= 4 is 50.5 Å². The lowest BCUT2D eigenvalue weighted by atomic mass is 10.1. The molecule has 4 aromatic rings. The van der Waals surface area contributed by atoms with Gasteiger partial charge in [-0.15, -0.1) is 0 Å². The highest BCUT2D eigenvalue weighted by Crippen LogP contribution is 2.35. The number of fused-ring (bicyclic) bond motifs is 2. The number of hydrogen-bond acceptors (Lipinski definition) is 6. The van der Waals surface area contributed by atoms with E-state index in [1.807, 2.05) is 72.1 Å². The Morgan fingerprint density at radius 3 is 2.66 bits per heavy atom. The Bertz CT molecular complexity index is 1400. The number of anilines is 1. The van der Waals surface area contributed by atoms with E-state index in [1.165, 1.54) is 17.0 Å². The van der Waals surface area contributed by atoms with Gasteiger partial charge < -0.3 is 10.2 Å². The number of thiazole rings is 1. The topological polar surface area (TPSA) is 62.0 Å². The highest BCUT2D eigenvalue weighted by molar-refractivity contribution is 8.16. The maximum atomic E-state index is 13.0. The van der Waals surface area contributed by atoms with Crippen molar-refractivity contribution < 1.29 is 4.79 Å². The van der Waals surface area contributed by atoms with Crippen LogP contribution in [0.25, 0.3) is 21.9 Å². The fourth-order valence-corrected chi connectivity index (χ4v) is 5.94. The van der Waals surface area contributed by atoms with Gasteiger partial charge in [-0.2, -0.15) is 0 Å². The SMILES string of the molecule is Cc1c(C(=O)Nc2ccc(C3=CSC4=NCCN34)cc2)sc2nc(-c3ccccc3)cn12. The van der Waals surface area contributed by atoms with Gasteiger partial charge in [-0.1, -0.05) is 65.6 Å². The molecule has 0 saturated heterocycles. The van der Waals surface area contributed by atoms with Crippen LogP contribution in [0.3, 0.4) is 0 Å². The molecule has 0 radical (unpaired) electrons. The van der Waals surface area contributed by atoms with Gasteiger partial charge >= 0.3 is 0 Å². The first kappa shape index (κ1) is 19.3. The minimum atomic E-state index is -0.114. The summed E-state index contributed by atoms with van der Waals surface area (Å²) in [6, 6.07) is 18.1. The molecule has 6 rings (SSSR count). The number of nitrogens with zero attached hydrogens (tertiary/aromatic N) is 4. The summed E-state index contributed by atoms with van der Waals surface area (Å²) in [6.07, 6.45) is 1.99. The number of aromatic nitrogens is 2. The Morgan fingerprint density at radius 2 is 1.88 bits per heavy atom. The van der Waals surface area contributed by atoms with Crippen molar-refractivity contribution in [1.82, 2.24) is 14.3 Å². The lowest BCUT2D eigenvalue weighted by molar-refractivity contribution is 0.102. The van der Waals surface area contributed by atoms with Crippen molar-refractivity contribution in [3.05, 3.63) is 82.3 Å². The van der Waals surface area contributed by atoms with E-state index in [0.29, 0.717) is 4.88 Å². The Morgan fingerprint density at radius 1 is 1.06 bits per heavy atom. The standard InChI is InChI=1S/C24H19N5OS2/c1-15-21(32-24-27-19(13-29(15)24)16-5-3-2-4-6-16)22(30)26-18-9-7-17(8-10-18)20-14-31-23-25-11-12-28(20)23/h2-10,13-14H,11-12H2,1H3,(H,26,30). The smallest absolute Gasteiger partial charge is 0.267 e. The first-order valence-electron chi connectivity index (χ1n) is 10.3. The monoisotopic (exact) mass is 457 g/mol. The van der Waals surface area contributed by atoms with Crippen LogP contribution in [0.2, 0.25) is 0 Å². The van der Waals surface area contributed by atoms with E-state index in [4.69, 9.17) is 4.98 Å². The Labute approximate surface area is 193 Å². The third-order valence-electron chi connectivity index (χ3n) is 5.64. The van der Waals surface area contributed by atoms with Crippen molar-refractivity contribution in [3.8, 4) is 11.3 Å². The number of rotatable bonds is 4. The van der Waals surface area contributed by atoms with Crippen LogP contribution in [0.15, 0.2) is 71.2 Å². The molecule has 0 bridgehead atoms. The summed E-state index contributed by atoms with van der Waals surface area (Å²) in [5.41, 5.74) is 5.94. The summed E-state index contributed by atoms with van der Waals surface area (Å²) < 4.78 is 1.99. The molecular weight excluding hydrogens is 438 g/mol. The summed E-state index contributed by atoms with van der Waals surface area (Å²) in [5.74, 6) is -0.114. The normalized spacial score (nSPS) is 15.1. The maximum absolute atomic E-state index is 13.0. The van der Waals surface area contributed by atoms with Crippen LogP contribution < -0.4 is 5.32 Å². The van der Waals surface area contributed by atoms with Crippen LogP contribution >= 0.6 is 23.1 Å². The first-order valence-corrected chi connectivity index (χ1v) is 12.0. The molecule has 32 heavy (non-hydrogen) atoms. The molecule has 0 spiro atoms. The largest absolute Gasteiger partial charge is 0.321 e. The van der Waals surface area contributed by atoms with Crippen molar-refractivity contribution in [3.63, 3.8) is 0 Å². The molecule has 4 heterocycles. The van der Waals surface area contributed by atoms with Crippen LogP contribution in [-0.2, 0) is 0 Å². The van der Waals surface area contributed by atoms with E-state index in [2.05, 4.69) is 20.6 Å². The summed E-state index contributed by atoms with van der Waals surface area (Å²) in [7, 11) is 0. The van der Waals surface area contributed by atoms with Gasteiger partial charge in [-0.25, -0.2) is 4.98 Å². The molecule has 1 amide bonds. The number of nitrogens with one attached hydrogen (secondary N) is 1. The fourth-order valence-electron chi connectivity index (χ4n) is 3.97. The predicted molar refractivity (Wildman–Crippen MR) is 132 cm³/mol. The molecule has 0 aliphatic carbocycles. The Kier molecular flexibility index (Phi) is 4.62. The number of amidine groups is 1. The van der Waals surface area contributed by atoms with Crippen molar-refractivity contribution in [2.45, 2.75) is 6.92 Å². The average Bonchev–Trinajstić information content (AvgIpc) is 3.57. The summed E-state index contributed by atoms with van der Waals surface area (Å²) in [6.45, 7) is 3.74. The van der Waals surface area contributed by atoms with Gasteiger partial charge in [-0.3, -0.25) is 14.2 Å². The molecule has 0 saturated carbocycles. The van der Waals surface area contributed by atoms with Crippen molar-refractivity contribution in [2.24, 2.45) is 4.99 Å².